The number of aryl methyl sites for hydroxylation is 2. The molecule has 4 rings (SSSR count). The molecule has 0 spiro atoms. The van der Waals surface area contributed by atoms with Crippen LogP contribution in [0.1, 0.15) is 24.6 Å². The van der Waals surface area contributed by atoms with E-state index in [1.54, 1.807) is 23.6 Å². The number of esters is 1. The zero-order valence-corrected chi connectivity index (χ0v) is 19.7. The molecule has 0 radical (unpaired) electrons. The van der Waals surface area contributed by atoms with Gasteiger partial charge in [-0.15, -0.1) is 11.3 Å². The molecule has 0 saturated carbocycles. The molecule has 1 aliphatic carbocycles. The highest BCUT2D eigenvalue weighted by Gasteiger charge is 2.21. The van der Waals surface area contributed by atoms with Gasteiger partial charge in [0.1, 0.15) is 9.53 Å². The minimum Gasteiger partial charge on any atom is -0.465 e. The molecule has 0 unspecified atom stereocenters. The molecule has 31 heavy (non-hydrogen) atoms. The number of carbonyl (C=O) groups is 1. The van der Waals surface area contributed by atoms with Crippen molar-refractivity contribution in [2.24, 2.45) is 0 Å². The van der Waals surface area contributed by atoms with Crippen LogP contribution in [-0.4, -0.2) is 32.9 Å². The van der Waals surface area contributed by atoms with Crippen molar-refractivity contribution in [1.29, 1.82) is 0 Å². The second kappa shape index (κ2) is 8.98. The third kappa shape index (κ3) is 4.33. The van der Waals surface area contributed by atoms with Crippen molar-refractivity contribution in [3.8, 4) is 0 Å². The van der Waals surface area contributed by atoms with E-state index < -0.39 is 0 Å². The van der Waals surface area contributed by atoms with Gasteiger partial charge in [0, 0.05) is 21.8 Å². The average Bonchev–Trinajstić information content (AvgIpc) is 2.95. The van der Waals surface area contributed by atoms with Crippen molar-refractivity contribution >= 4 is 66.8 Å². The molecule has 0 aromatic carbocycles. The van der Waals surface area contributed by atoms with Crippen LogP contribution in [0.4, 0.5) is 0 Å². The summed E-state index contributed by atoms with van der Waals surface area (Å²) in [6.45, 7) is 5.99. The standard InChI is InChI=1S/C22H20ClN3O3S2/c1-4-29-16(27)11-30-22-25-18-17-12(2)10-13(3)24-20(17)31-19(18)21(28)26(22)15-7-5-6-14(23)8-9-15/h6-10H,4-5,11H2,1-3H3. The number of halogens is 1. The third-order valence-electron chi connectivity index (χ3n) is 4.69. The Hall–Kier alpha value is -2.42. The summed E-state index contributed by atoms with van der Waals surface area (Å²) in [5.74, 6) is -0.299. The van der Waals surface area contributed by atoms with E-state index in [0.717, 1.165) is 21.5 Å². The van der Waals surface area contributed by atoms with Crippen molar-refractivity contribution < 1.29 is 9.53 Å². The van der Waals surface area contributed by atoms with Crippen LogP contribution in [0.3, 0.4) is 0 Å². The molecule has 0 aliphatic heterocycles. The Morgan fingerprint density at radius 2 is 2.10 bits per heavy atom. The van der Waals surface area contributed by atoms with Crippen molar-refractivity contribution in [3.63, 3.8) is 0 Å². The van der Waals surface area contributed by atoms with Gasteiger partial charge in [-0.05, 0) is 51.0 Å². The number of allylic oxidation sites excluding steroid dienone is 6. The number of rotatable bonds is 5. The highest BCUT2D eigenvalue weighted by molar-refractivity contribution is 7.99. The maximum absolute atomic E-state index is 13.6. The molecule has 0 amide bonds. The molecule has 0 bridgehead atoms. The molecule has 0 saturated heterocycles. The molecule has 0 fully saturated rings. The molecule has 3 aromatic heterocycles. The molecule has 0 N–H and O–H groups in total. The Morgan fingerprint density at radius 3 is 2.87 bits per heavy atom. The maximum Gasteiger partial charge on any atom is 0.316 e. The second-order valence-electron chi connectivity index (χ2n) is 6.96. The van der Waals surface area contributed by atoms with Crippen LogP contribution in [0.2, 0.25) is 0 Å². The number of thioether (sulfide) groups is 1. The Labute approximate surface area is 192 Å². The van der Waals surface area contributed by atoms with Gasteiger partial charge in [-0.25, -0.2) is 9.97 Å². The van der Waals surface area contributed by atoms with Gasteiger partial charge in [0.25, 0.3) is 5.56 Å². The van der Waals surface area contributed by atoms with Gasteiger partial charge in [-0.1, -0.05) is 35.5 Å². The molecule has 9 heteroatoms. The molecule has 0 atom stereocenters. The quantitative estimate of drug-likeness (QED) is 0.288. The van der Waals surface area contributed by atoms with E-state index in [9.17, 15) is 9.59 Å². The molecule has 6 nitrogen and oxygen atoms in total. The van der Waals surface area contributed by atoms with E-state index in [-0.39, 0.29) is 17.3 Å². The zero-order chi connectivity index (χ0) is 22.1. The van der Waals surface area contributed by atoms with Crippen molar-refractivity contribution in [2.45, 2.75) is 32.3 Å². The lowest BCUT2D eigenvalue weighted by molar-refractivity contribution is -0.139. The lowest BCUT2D eigenvalue weighted by Gasteiger charge is -2.13. The van der Waals surface area contributed by atoms with Crippen LogP contribution in [-0.2, 0) is 9.53 Å². The van der Waals surface area contributed by atoms with Crippen LogP contribution < -0.4 is 5.56 Å². The fourth-order valence-electron chi connectivity index (χ4n) is 3.42. The third-order valence-corrected chi connectivity index (χ3v) is 6.95. The van der Waals surface area contributed by atoms with Crippen molar-refractivity contribution in [2.75, 3.05) is 12.4 Å². The van der Waals surface area contributed by atoms with Crippen LogP contribution in [0.5, 0.6) is 0 Å². The molecule has 3 heterocycles. The van der Waals surface area contributed by atoms with E-state index in [2.05, 4.69) is 4.98 Å². The summed E-state index contributed by atoms with van der Waals surface area (Å²) in [5.41, 5.74) is 3.00. The molecule has 160 valence electrons. The minimum atomic E-state index is -0.354. The SMILES string of the molecule is CCOC(=O)CSc1nc2c(sc3nc(C)cc(C)c32)c(=O)n1C1=CCC=C(Cl)C=C1. The predicted molar refractivity (Wildman–Crippen MR) is 128 cm³/mol. The van der Waals surface area contributed by atoms with Crippen molar-refractivity contribution in [3.05, 3.63) is 57.0 Å². The summed E-state index contributed by atoms with van der Waals surface area (Å²) in [6, 6.07) is 1.98. The van der Waals surface area contributed by atoms with E-state index in [4.69, 9.17) is 21.3 Å². The Bertz CT molecular complexity index is 1350. The molecule has 3 aromatic rings. The van der Waals surface area contributed by atoms with Crippen LogP contribution in [0, 0.1) is 13.8 Å². The number of aromatic nitrogens is 3. The predicted octanol–water partition coefficient (Wildman–Crippen LogP) is 5.20. The zero-order valence-electron chi connectivity index (χ0n) is 17.3. The summed E-state index contributed by atoms with van der Waals surface area (Å²) in [6.07, 6.45) is 7.89. The van der Waals surface area contributed by atoms with Gasteiger partial charge in [0.2, 0.25) is 0 Å². The summed E-state index contributed by atoms with van der Waals surface area (Å²) >= 11 is 8.66. The average molecular weight is 474 g/mol. The first-order chi connectivity index (χ1) is 14.9. The Balaban J connectivity index is 1.95. The van der Waals surface area contributed by atoms with E-state index >= 15 is 0 Å². The van der Waals surface area contributed by atoms with Gasteiger partial charge < -0.3 is 4.74 Å². The number of hydrogen-bond acceptors (Lipinski definition) is 7. The number of hydrogen-bond donors (Lipinski definition) is 0. The first-order valence-electron chi connectivity index (χ1n) is 9.75. The Morgan fingerprint density at radius 1 is 1.29 bits per heavy atom. The van der Waals surface area contributed by atoms with E-state index in [1.807, 2.05) is 32.1 Å². The van der Waals surface area contributed by atoms with Crippen LogP contribution in [0.25, 0.3) is 26.1 Å². The second-order valence-corrected chi connectivity index (χ2v) is 9.33. The van der Waals surface area contributed by atoms with E-state index in [1.165, 1.54) is 23.1 Å². The fraction of sp³-hybridized carbons (Fsp3) is 0.273. The first kappa shape index (κ1) is 21.8. The number of thiophene rings is 1. The van der Waals surface area contributed by atoms with Crippen LogP contribution >= 0.6 is 34.7 Å². The van der Waals surface area contributed by atoms with Gasteiger partial charge in [0.15, 0.2) is 5.16 Å². The van der Waals surface area contributed by atoms with Gasteiger partial charge >= 0.3 is 5.97 Å². The fourth-order valence-corrected chi connectivity index (χ4v) is 5.54. The van der Waals surface area contributed by atoms with Gasteiger partial charge in [-0.3, -0.25) is 14.2 Å². The largest absolute Gasteiger partial charge is 0.465 e. The van der Waals surface area contributed by atoms with Gasteiger partial charge in [0.05, 0.1) is 17.9 Å². The summed E-state index contributed by atoms with van der Waals surface area (Å²) in [4.78, 5) is 35.8. The van der Waals surface area contributed by atoms with Crippen LogP contribution in [0.15, 0.2) is 45.4 Å². The highest BCUT2D eigenvalue weighted by Crippen LogP contribution is 2.34. The number of carbonyl (C=O) groups excluding carboxylic acids is 1. The monoisotopic (exact) mass is 473 g/mol. The lowest BCUT2D eigenvalue weighted by Crippen LogP contribution is -2.22. The summed E-state index contributed by atoms with van der Waals surface area (Å²) < 4.78 is 7.13. The molecular formula is C22H20ClN3O3S2. The topological polar surface area (TPSA) is 74.1 Å². The first-order valence-corrected chi connectivity index (χ1v) is 11.9. The van der Waals surface area contributed by atoms with Crippen molar-refractivity contribution in [1.82, 2.24) is 14.5 Å². The number of ether oxygens (including phenoxy) is 1. The summed E-state index contributed by atoms with van der Waals surface area (Å²) in [5, 5.41) is 1.91. The molecule has 1 aliphatic rings. The molecular weight excluding hydrogens is 454 g/mol. The van der Waals surface area contributed by atoms with E-state index in [0.29, 0.717) is 39.1 Å². The number of pyridine rings is 1. The number of fused-ring (bicyclic) bond motifs is 3. The minimum absolute atomic E-state index is 0.0558. The normalized spacial score (nSPS) is 13.9. The van der Waals surface area contributed by atoms with Gasteiger partial charge in [-0.2, -0.15) is 0 Å². The maximum atomic E-state index is 13.6. The smallest absolute Gasteiger partial charge is 0.316 e. The number of nitrogens with zero attached hydrogens (tertiary/aromatic N) is 3. The lowest BCUT2D eigenvalue weighted by atomic mass is 10.1. The highest BCUT2D eigenvalue weighted by atomic mass is 35.5. The summed E-state index contributed by atoms with van der Waals surface area (Å²) in [7, 11) is 0. The Kier molecular flexibility index (Phi) is 6.31.